The maximum absolute atomic E-state index is 12.0. The molecule has 146 valence electrons. The lowest BCUT2D eigenvalue weighted by atomic mass is 9.44. The highest BCUT2D eigenvalue weighted by Crippen LogP contribution is 2.75. The molecule has 2 aliphatic carbocycles. The van der Waals surface area contributed by atoms with Crippen molar-refractivity contribution < 1.29 is 23.4 Å². The van der Waals surface area contributed by atoms with E-state index in [4.69, 9.17) is 18.6 Å². The Morgan fingerprint density at radius 2 is 2.19 bits per heavy atom. The molecule has 5 nitrogen and oxygen atoms in total. The van der Waals surface area contributed by atoms with Gasteiger partial charge < -0.3 is 18.6 Å². The number of carbonyl (C=O) groups excluding carboxylic acids is 1. The fourth-order valence-corrected chi connectivity index (χ4v) is 6.79. The molecule has 2 bridgehead atoms. The number of hydrogen-bond donors (Lipinski definition) is 0. The quantitative estimate of drug-likeness (QED) is 0.571. The molecule has 0 radical (unpaired) electrons. The monoisotopic (exact) mass is 372 g/mol. The Hall–Kier alpha value is -1.59. The van der Waals surface area contributed by atoms with Crippen LogP contribution >= 0.6 is 0 Å². The summed E-state index contributed by atoms with van der Waals surface area (Å²) < 4.78 is 24.9. The van der Waals surface area contributed by atoms with Crippen LogP contribution in [0.4, 0.5) is 0 Å². The van der Waals surface area contributed by atoms with Crippen molar-refractivity contribution in [2.24, 2.45) is 16.7 Å². The first-order valence-electron chi connectivity index (χ1n) is 10.0. The van der Waals surface area contributed by atoms with E-state index in [-0.39, 0.29) is 17.5 Å². The summed E-state index contributed by atoms with van der Waals surface area (Å²) in [4.78, 5) is 12.0. The van der Waals surface area contributed by atoms with Crippen molar-refractivity contribution in [2.75, 3.05) is 6.61 Å². The molecule has 0 N–H and O–H groups in total. The second-order valence-electron chi connectivity index (χ2n) is 9.21. The Labute approximate surface area is 160 Å². The molecule has 3 heterocycles. The second-order valence-corrected chi connectivity index (χ2v) is 9.21. The van der Waals surface area contributed by atoms with Crippen LogP contribution < -0.4 is 0 Å². The van der Waals surface area contributed by atoms with Crippen LogP contribution in [-0.2, 0) is 24.8 Å². The predicted octanol–water partition coefficient (Wildman–Crippen LogP) is 4.33. The van der Waals surface area contributed by atoms with Gasteiger partial charge >= 0.3 is 5.97 Å². The van der Waals surface area contributed by atoms with Gasteiger partial charge in [-0.1, -0.05) is 25.5 Å². The molecule has 0 unspecified atom stereocenters. The zero-order valence-corrected chi connectivity index (χ0v) is 16.5. The van der Waals surface area contributed by atoms with E-state index >= 15 is 0 Å². The topological polar surface area (TPSA) is 57.9 Å². The summed E-state index contributed by atoms with van der Waals surface area (Å²) >= 11 is 0. The van der Waals surface area contributed by atoms with Crippen LogP contribution in [0.5, 0.6) is 0 Å². The number of hydrogen-bond acceptors (Lipinski definition) is 5. The normalized spacial score (nSPS) is 47.9. The maximum Gasteiger partial charge on any atom is 0.302 e. The fourth-order valence-electron chi connectivity index (χ4n) is 6.79. The Morgan fingerprint density at radius 1 is 1.37 bits per heavy atom. The van der Waals surface area contributed by atoms with E-state index < -0.39 is 16.8 Å². The van der Waals surface area contributed by atoms with Gasteiger partial charge in [0.15, 0.2) is 5.79 Å². The molecule has 3 fully saturated rings. The van der Waals surface area contributed by atoms with Crippen LogP contribution in [0.15, 0.2) is 34.7 Å². The van der Waals surface area contributed by atoms with Crippen LogP contribution in [0.2, 0.25) is 0 Å². The highest BCUT2D eigenvalue weighted by molar-refractivity contribution is 5.66. The molecule has 1 spiro atoms. The second kappa shape index (κ2) is 5.26. The van der Waals surface area contributed by atoms with E-state index in [0.29, 0.717) is 12.5 Å². The largest absolute Gasteiger partial charge is 0.472 e. The Kier molecular flexibility index (Phi) is 3.41. The molecule has 5 heteroatoms. The molecule has 2 saturated heterocycles. The molecule has 0 amide bonds. The molecule has 6 atom stereocenters. The third kappa shape index (κ3) is 1.85. The third-order valence-corrected chi connectivity index (χ3v) is 8.24. The van der Waals surface area contributed by atoms with Crippen LogP contribution in [0.3, 0.4) is 0 Å². The van der Waals surface area contributed by atoms with Gasteiger partial charge in [0.25, 0.3) is 0 Å². The highest BCUT2D eigenvalue weighted by Gasteiger charge is 2.80. The summed E-state index contributed by atoms with van der Waals surface area (Å²) in [7, 11) is 0. The van der Waals surface area contributed by atoms with E-state index in [1.165, 1.54) is 12.5 Å². The zero-order chi connectivity index (χ0) is 19.1. The van der Waals surface area contributed by atoms with Gasteiger partial charge in [-0.3, -0.25) is 4.79 Å². The number of esters is 1. The summed E-state index contributed by atoms with van der Waals surface area (Å²) in [6, 6.07) is 1.95. The van der Waals surface area contributed by atoms with Crippen LogP contribution in [0.25, 0.3) is 0 Å². The van der Waals surface area contributed by atoms with Gasteiger partial charge in [0, 0.05) is 24.3 Å². The molecule has 1 aromatic rings. The minimum Gasteiger partial charge on any atom is -0.472 e. The number of ether oxygens (including phenoxy) is 3. The van der Waals surface area contributed by atoms with E-state index in [9.17, 15) is 4.79 Å². The van der Waals surface area contributed by atoms with Crippen LogP contribution in [-0.4, -0.2) is 24.3 Å². The fraction of sp³-hybridized carbons (Fsp3) is 0.682. The standard InChI is InChI=1S/C22H28O5/c1-14-6-5-8-22-19(4)12-21(27-22,17-7-9-24-11-17)25-13-20(14,22)18(10-15(19)2)26-16(3)23/h6-7,9,11,15,18H,5,8,10,12-13H2,1-4H3/t15-,18+,19+,20+,21+,22+/m0/s1. The van der Waals surface area contributed by atoms with Crippen molar-refractivity contribution in [3.05, 3.63) is 35.8 Å². The molecule has 27 heavy (non-hydrogen) atoms. The summed E-state index contributed by atoms with van der Waals surface area (Å²) in [6.07, 6.45) is 9.00. The average molecular weight is 372 g/mol. The Balaban J connectivity index is 1.73. The zero-order valence-electron chi connectivity index (χ0n) is 16.5. The van der Waals surface area contributed by atoms with Crippen molar-refractivity contribution in [1.29, 1.82) is 0 Å². The number of allylic oxidation sites excluding steroid dienone is 1. The number of rotatable bonds is 2. The number of carbonyl (C=O) groups is 1. The first kappa shape index (κ1) is 17.5. The van der Waals surface area contributed by atoms with Gasteiger partial charge in [-0.05, 0) is 38.2 Å². The van der Waals surface area contributed by atoms with Crippen molar-refractivity contribution >= 4 is 5.97 Å². The van der Waals surface area contributed by atoms with Crippen LogP contribution in [0, 0.1) is 16.7 Å². The summed E-state index contributed by atoms with van der Waals surface area (Å²) in [5.74, 6) is -0.665. The van der Waals surface area contributed by atoms with Gasteiger partial charge in [0.1, 0.15) is 6.10 Å². The predicted molar refractivity (Wildman–Crippen MR) is 97.6 cm³/mol. The van der Waals surface area contributed by atoms with Gasteiger partial charge in [-0.2, -0.15) is 0 Å². The molecule has 2 aliphatic heterocycles. The molecule has 0 aromatic carbocycles. The number of fused-ring (bicyclic) bond motifs is 1. The SMILES string of the molecule is CC(=O)O[C@@H]1C[C@H](C)[C@@]2(C)C[C@@]3(c4ccoc4)OC[C@@]14C(C)=CCC[C@@]24O3. The molecule has 4 aliphatic rings. The lowest BCUT2D eigenvalue weighted by Gasteiger charge is -2.65. The first-order valence-corrected chi connectivity index (χ1v) is 10.0. The van der Waals surface area contributed by atoms with Gasteiger partial charge in [0.2, 0.25) is 0 Å². The Morgan fingerprint density at radius 3 is 2.89 bits per heavy atom. The lowest BCUT2D eigenvalue weighted by molar-refractivity contribution is -0.370. The van der Waals surface area contributed by atoms with Crippen molar-refractivity contribution in [3.63, 3.8) is 0 Å². The average Bonchev–Trinajstić information content (AvgIpc) is 3.21. The summed E-state index contributed by atoms with van der Waals surface area (Å²) in [5.41, 5.74) is 1.27. The number of furan rings is 1. The van der Waals surface area contributed by atoms with E-state index in [2.05, 4.69) is 26.8 Å². The molecule has 5 rings (SSSR count). The van der Waals surface area contributed by atoms with E-state index in [1.54, 1.807) is 12.5 Å². The minimum atomic E-state index is -0.776. The Bertz CT molecular complexity index is 813. The van der Waals surface area contributed by atoms with Crippen molar-refractivity contribution in [1.82, 2.24) is 0 Å². The van der Waals surface area contributed by atoms with Crippen LogP contribution in [0.1, 0.15) is 58.9 Å². The third-order valence-electron chi connectivity index (χ3n) is 8.24. The molecular weight excluding hydrogens is 344 g/mol. The first-order chi connectivity index (χ1) is 12.8. The molecular formula is C22H28O5. The molecule has 1 aromatic heterocycles. The summed E-state index contributed by atoms with van der Waals surface area (Å²) in [5, 5.41) is 0. The smallest absolute Gasteiger partial charge is 0.302 e. The molecule has 1 saturated carbocycles. The highest BCUT2D eigenvalue weighted by atomic mass is 16.7. The van der Waals surface area contributed by atoms with Gasteiger partial charge in [-0.25, -0.2) is 0 Å². The van der Waals surface area contributed by atoms with Gasteiger partial charge in [-0.15, -0.1) is 0 Å². The lowest BCUT2D eigenvalue weighted by Crippen LogP contribution is -2.72. The maximum atomic E-state index is 12.0. The summed E-state index contributed by atoms with van der Waals surface area (Å²) in [6.45, 7) is 8.78. The minimum absolute atomic E-state index is 0.0764. The van der Waals surface area contributed by atoms with Crippen molar-refractivity contribution in [3.8, 4) is 0 Å². The van der Waals surface area contributed by atoms with E-state index in [0.717, 1.165) is 31.2 Å². The van der Waals surface area contributed by atoms with E-state index in [1.807, 2.05) is 6.07 Å². The van der Waals surface area contributed by atoms with Crippen molar-refractivity contribution in [2.45, 2.75) is 70.9 Å². The van der Waals surface area contributed by atoms with Gasteiger partial charge in [0.05, 0.1) is 30.1 Å².